The summed E-state index contributed by atoms with van der Waals surface area (Å²) in [5.41, 5.74) is 3.54. The summed E-state index contributed by atoms with van der Waals surface area (Å²) in [6, 6.07) is 13.0. The van der Waals surface area contributed by atoms with Gasteiger partial charge in [-0.05, 0) is 52.0 Å². The van der Waals surface area contributed by atoms with Gasteiger partial charge in [0, 0.05) is 29.0 Å². The predicted molar refractivity (Wildman–Crippen MR) is 132 cm³/mol. The molecule has 2 unspecified atom stereocenters. The highest BCUT2D eigenvalue weighted by Crippen LogP contribution is 2.33. The summed E-state index contributed by atoms with van der Waals surface area (Å²) in [6.07, 6.45) is 3.14. The van der Waals surface area contributed by atoms with Crippen LogP contribution in [-0.2, 0) is 10.3 Å². The number of aliphatic hydroxyl groups is 1. The molecule has 0 aliphatic carbocycles. The van der Waals surface area contributed by atoms with Crippen molar-refractivity contribution < 1.29 is 19.1 Å². The number of hydrogen-bond donors (Lipinski definition) is 1. The molecule has 180 valence electrons. The average Bonchev–Trinajstić information content (AvgIpc) is 3.28. The van der Waals surface area contributed by atoms with Crippen LogP contribution in [0.3, 0.4) is 0 Å². The highest BCUT2D eigenvalue weighted by molar-refractivity contribution is 5.95. The van der Waals surface area contributed by atoms with Gasteiger partial charge < -0.3 is 19.2 Å². The van der Waals surface area contributed by atoms with E-state index in [2.05, 4.69) is 15.0 Å². The van der Waals surface area contributed by atoms with Crippen molar-refractivity contribution in [2.24, 2.45) is 0 Å². The molecule has 8 nitrogen and oxygen atoms in total. The molecule has 1 aliphatic rings. The fraction of sp³-hybridized carbons (Fsp3) is 0.333. The Kier molecular flexibility index (Phi) is 5.86. The number of nitrogens with zero attached hydrogens (tertiary/aromatic N) is 4. The Hall–Kier alpha value is -3.62. The van der Waals surface area contributed by atoms with Crippen LogP contribution in [0.15, 0.2) is 59.4 Å². The Morgan fingerprint density at radius 2 is 1.71 bits per heavy atom. The number of fused-ring (bicyclic) bond motifs is 1. The first-order chi connectivity index (χ1) is 16.7. The van der Waals surface area contributed by atoms with E-state index in [1.165, 1.54) is 6.33 Å². The number of carbonyl (C=O) groups is 1. The molecule has 1 aromatic carbocycles. The molecule has 3 aromatic heterocycles. The maximum absolute atomic E-state index is 13.1. The maximum Gasteiger partial charge on any atom is 0.254 e. The average molecular weight is 473 g/mol. The summed E-state index contributed by atoms with van der Waals surface area (Å²) >= 11 is 0. The van der Waals surface area contributed by atoms with E-state index in [1.54, 1.807) is 26.1 Å². The molecule has 1 fully saturated rings. The van der Waals surface area contributed by atoms with Crippen molar-refractivity contribution in [1.82, 2.24) is 19.9 Å². The van der Waals surface area contributed by atoms with Gasteiger partial charge in [0.25, 0.3) is 5.91 Å². The molecule has 1 saturated heterocycles. The lowest BCUT2D eigenvalue weighted by Crippen LogP contribution is -2.52. The summed E-state index contributed by atoms with van der Waals surface area (Å²) in [5, 5.41) is 10.3. The summed E-state index contributed by atoms with van der Waals surface area (Å²) in [4.78, 5) is 28.1. The lowest BCUT2D eigenvalue weighted by Gasteiger charge is -2.38. The number of hydrogen-bond acceptors (Lipinski definition) is 7. The minimum atomic E-state index is -1.08. The lowest BCUT2D eigenvalue weighted by atomic mass is 10.0. The highest BCUT2D eigenvalue weighted by Gasteiger charge is 2.30. The van der Waals surface area contributed by atoms with Crippen molar-refractivity contribution >= 4 is 17.0 Å². The molecule has 4 heterocycles. The summed E-state index contributed by atoms with van der Waals surface area (Å²) < 4.78 is 11.7. The van der Waals surface area contributed by atoms with Crippen molar-refractivity contribution in [1.29, 1.82) is 0 Å². The number of ether oxygens (including phenoxy) is 1. The van der Waals surface area contributed by atoms with E-state index >= 15 is 0 Å². The Labute approximate surface area is 203 Å². The smallest absolute Gasteiger partial charge is 0.254 e. The van der Waals surface area contributed by atoms with Crippen molar-refractivity contribution in [3.63, 3.8) is 0 Å². The van der Waals surface area contributed by atoms with Gasteiger partial charge in [-0.25, -0.2) is 9.97 Å². The zero-order chi connectivity index (χ0) is 24.7. The SMILES string of the molecule is CC1COCC(C)N1C(=O)c1ccc(-c2cc3ncnc(-c4ccnc(C(C)(C)O)c4)c3o2)cc1. The number of amides is 1. The van der Waals surface area contributed by atoms with E-state index in [-0.39, 0.29) is 18.0 Å². The molecular weight excluding hydrogens is 444 g/mol. The van der Waals surface area contributed by atoms with Gasteiger partial charge in [0.15, 0.2) is 5.58 Å². The Bertz CT molecular complexity index is 1360. The molecule has 0 radical (unpaired) electrons. The minimum Gasteiger partial charge on any atom is -0.452 e. The zero-order valence-electron chi connectivity index (χ0n) is 20.2. The summed E-state index contributed by atoms with van der Waals surface area (Å²) in [7, 11) is 0. The molecule has 1 aliphatic heterocycles. The number of furan rings is 1. The van der Waals surface area contributed by atoms with Gasteiger partial charge in [0.2, 0.25) is 0 Å². The third kappa shape index (κ3) is 4.42. The van der Waals surface area contributed by atoms with Crippen molar-refractivity contribution in [2.45, 2.75) is 45.4 Å². The van der Waals surface area contributed by atoms with Crippen LogP contribution in [0.25, 0.3) is 33.7 Å². The van der Waals surface area contributed by atoms with Crippen molar-refractivity contribution in [3.8, 4) is 22.6 Å². The number of aromatic nitrogens is 3. The quantitative estimate of drug-likeness (QED) is 0.469. The fourth-order valence-electron chi connectivity index (χ4n) is 4.45. The maximum atomic E-state index is 13.1. The normalized spacial score (nSPS) is 18.7. The first-order valence-corrected chi connectivity index (χ1v) is 11.7. The second-order valence-electron chi connectivity index (χ2n) is 9.56. The Morgan fingerprint density at radius 3 is 2.40 bits per heavy atom. The number of morpholine rings is 1. The minimum absolute atomic E-state index is 0.00194. The predicted octanol–water partition coefficient (Wildman–Crippen LogP) is 4.43. The van der Waals surface area contributed by atoms with Crippen LogP contribution in [0.5, 0.6) is 0 Å². The lowest BCUT2D eigenvalue weighted by molar-refractivity contribution is -0.0249. The monoisotopic (exact) mass is 472 g/mol. The van der Waals surface area contributed by atoms with Gasteiger partial charge >= 0.3 is 0 Å². The van der Waals surface area contributed by atoms with Crippen molar-refractivity contribution in [2.75, 3.05) is 13.2 Å². The van der Waals surface area contributed by atoms with Gasteiger partial charge in [-0.2, -0.15) is 0 Å². The molecule has 1 amide bonds. The van der Waals surface area contributed by atoms with Crippen LogP contribution < -0.4 is 0 Å². The molecule has 35 heavy (non-hydrogen) atoms. The van der Waals surface area contributed by atoms with E-state index in [4.69, 9.17) is 9.15 Å². The van der Waals surface area contributed by atoms with Gasteiger partial charge in [0.1, 0.15) is 28.9 Å². The summed E-state index contributed by atoms with van der Waals surface area (Å²) in [5.74, 6) is 0.628. The van der Waals surface area contributed by atoms with Crippen LogP contribution in [0.1, 0.15) is 43.7 Å². The van der Waals surface area contributed by atoms with Gasteiger partial charge in [0.05, 0.1) is 31.0 Å². The molecule has 1 N–H and O–H groups in total. The first-order valence-electron chi connectivity index (χ1n) is 11.7. The molecule has 0 bridgehead atoms. The van der Waals surface area contributed by atoms with Crippen LogP contribution in [0.4, 0.5) is 0 Å². The summed E-state index contributed by atoms with van der Waals surface area (Å²) in [6.45, 7) is 8.48. The molecule has 4 aromatic rings. The first kappa shape index (κ1) is 23.1. The molecule has 0 spiro atoms. The van der Waals surface area contributed by atoms with Crippen molar-refractivity contribution in [3.05, 3.63) is 66.2 Å². The number of benzene rings is 1. The van der Waals surface area contributed by atoms with Crippen LogP contribution >= 0.6 is 0 Å². The van der Waals surface area contributed by atoms with Gasteiger partial charge in [-0.15, -0.1) is 0 Å². The third-order valence-corrected chi connectivity index (χ3v) is 6.29. The second kappa shape index (κ2) is 8.87. The van der Waals surface area contributed by atoms with E-state index < -0.39 is 5.60 Å². The third-order valence-electron chi connectivity index (χ3n) is 6.29. The largest absolute Gasteiger partial charge is 0.452 e. The molecule has 2 atom stereocenters. The van der Waals surface area contributed by atoms with Crippen LogP contribution in [0.2, 0.25) is 0 Å². The Balaban J connectivity index is 1.46. The van der Waals surface area contributed by atoms with E-state index in [1.807, 2.05) is 55.1 Å². The second-order valence-corrected chi connectivity index (χ2v) is 9.56. The number of carbonyl (C=O) groups excluding carboxylic acids is 1. The standard InChI is InChI=1S/C27H28N4O4/c1-16-13-34-14-17(2)31(16)26(32)19-7-5-18(6-8-19)22-12-21-25(35-22)24(30-15-29-21)20-9-10-28-23(11-20)27(3,4)33/h5-12,15-17,33H,13-14H2,1-4H3. The van der Waals surface area contributed by atoms with E-state index in [0.29, 0.717) is 47.0 Å². The van der Waals surface area contributed by atoms with E-state index in [9.17, 15) is 9.90 Å². The van der Waals surface area contributed by atoms with Gasteiger partial charge in [-0.3, -0.25) is 9.78 Å². The fourth-order valence-corrected chi connectivity index (χ4v) is 4.45. The van der Waals surface area contributed by atoms with Crippen LogP contribution in [-0.4, -0.2) is 56.2 Å². The zero-order valence-corrected chi connectivity index (χ0v) is 20.2. The molecular formula is C27H28N4O4. The van der Waals surface area contributed by atoms with E-state index in [0.717, 1.165) is 11.1 Å². The topological polar surface area (TPSA) is 102 Å². The molecule has 0 saturated carbocycles. The Morgan fingerprint density at radius 1 is 1.00 bits per heavy atom. The molecule has 8 heteroatoms. The number of pyridine rings is 1. The molecule has 5 rings (SSSR count). The van der Waals surface area contributed by atoms with Gasteiger partial charge in [-0.1, -0.05) is 12.1 Å². The number of rotatable bonds is 4. The highest BCUT2D eigenvalue weighted by atomic mass is 16.5. The van der Waals surface area contributed by atoms with Crippen LogP contribution in [0, 0.1) is 0 Å².